The lowest BCUT2D eigenvalue weighted by Crippen LogP contribution is -2.25. The lowest BCUT2D eigenvalue weighted by molar-refractivity contribution is -0.143. The molecule has 2 aromatic heterocycles. The van der Waals surface area contributed by atoms with Crippen molar-refractivity contribution in [2.75, 3.05) is 11.9 Å². The second-order valence-electron chi connectivity index (χ2n) is 8.99. The predicted molar refractivity (Wildman–Crippen MR) is 124 cm³/mol. The van der Waals surface area contributed by atoms with E-state index in [1.807, 2.05) is 29.0 Å². The standard InChI is InChI=1S/C24H27N3O3S/c28-22-12-19(9-10-27(22)14-16-1-2-16)18-7-8-20-21(11-18)31-24(26-20)25-13-15-3-5-17(6-4-15)23(29)30/h7-12,15-17H,1-6,13-14H2,(H,25,26)(H,29,30). The Hall–Kier alpha value is -2.67. The van der Waals surface area contributed by atoms with E-state index in [2.05, 4.69) is 11.4 Å². The van der Waals surface area contributed by atoms with Crippen molar-refractivity contribution >= 4 is 32.7 Å². The van der Waals surface area contributed by atoms with Crippen LogP contribution in [0.25, 0.3) is 21.3 Å². The van der Waals surface area contributed by atoms with Crippen molar-refractivity contribution in [3.05, 3.63) is 46.9 Å². The van der Waals surface area contributed by atoms with E-state index in [-0.39, 0.29) is 11.5 Å². The van der Waals surface area contributed by atoms with Gasteiger partial charge in [0.1, 0.15) is 0 Å². The smallest absolute Gasteiger partial charge is 0.306 e. The lowest BCUT2D eigenvalue weighted by atomic mass is 9.82. The van der Waals surface area contributed by atoms with Gasteiger partial charge in [0.2, 0.25) is 0 Å². The molecule has 7 heteroatoms. The molecule has 3 aromatic rings. The van der Waals surface area contributed by atoms with Crippen LogP contribution in [-0.4, -0.2) is 27.2 Å². The van der Waals surface area contributed by atoms with Gasteiger partial charge in [-0.1, -0.05) is 17.4 Å². The normalized spacial score (nSPS) is 21.3. The van der Waals surface area contributed by atoms with Gasteiger partial charge in [-0.2, -0.15) is 0 Å². The highest BCUT2D eigenvalue weighted by Gasteiger charge is 2.26. The van der Waals surface area contributed by atoms with E-state index in [1.165, 1.54) is 12.8 Å². The number of carboxylic acids is 1. The van der Waals surface area contributed by atoms with E-state index in [1.54, 1.807) is 17.4 Å². The first kappa shape index (κ1) is 20.2. The highest BCUT2D eigenvalue weighted by Crippen LogP contribution is 2.33. The number of hydrogen-bond acceptors (Lipinski definition) is 5. The van der Waals surface area contributed by atoms with Crippen molar-refractivity contribution in [3.63, 3.8) is 0 Å². The lowest BCUT2D eigenvalue weighted by Gasteiger charge is -2.25. The number of pyridine rings is 1. The maximum absolute atomic E-state index is 12.4. The van der Waals surface area contributed by atoms with Crippen LogP contribution >= 0.6 is 11.3 Å². The molecule has 0 spiro atoms. The number of hydrogen-bond donors (Lipinski definition) is 2. The highest BCUT2D eigenvalue weighted by atomic mass is 32.1. The van der Waals surface area contributed by atoms with Gasteiger partial charge in [0, 0.05) is 25.4 Å². The van der Waals surface area contributed by atoms with Gasteiger partial charge < -0.3 is 15.0 Å². The van der Waals surface area contributed by atoms with Crippen LogP contribution in [0.4, 0.5) is 5.13 Å². The molecule has 1 aromatic carbocycles. The Morgan fingerprint density at radius 2 is 1.81 bits per heavy atom. The fraction of sp³-hybridized carbons (Fsp3) is 0.458. The Labute approximate surface area is 184 Å². The minimum Gasteiger partial charge on any atom is -0.481 e. The molecule has 2 fully saturated rings. The maximum atomic E-state index is 12.4. The SMILES string of the molecule is O=C(O)C1CCC(CNc2nc3ccc(-c4ccn(CC5CC5)c(=O)c4)cc3s2)CC1. The van der Waals surface area contributed by atoms with E-state index in [4.69, 9.17) is 10.1 Å². The summed E-state index contributed by atoms with van der Waals surface area (Å²) in [6.45, 7) is 1.66. The number of thiazole rings is 1. The van der Waals surface area contributed by atoms with Gasteiger partial charge >= 0.3 is 5.97 Å². The summed E-state index contributed by atoms with van der Waals surface area (Å²) in [4.78, 5) is 28.2. The molecule has 2 aliphatic carbocycles. The van der Waals surface area contributed by atoms with Crippen LogP contribution < -0.4 is 10.9 Å². The number of benzene rings is 1. The molecule has 0 saturated heterocycles. The quantitative estimate of drug-likeness (QED) is 0.553. The first-order valence-electron chi connectivity index (χ1n) is 11.1. The number of nitrogens with one attached hydrogen (secondary N) is 1. The van der Waals surface area contributed by atoms with Crippen molar-refractivity contribution in [2.45, 2.75) is 45.1 Å². The predicted octanol–water partition coefficient (Wildman–Crippen LogP) is 4.84. The van der Waals surface area contributed by atoms with Crippen LogP contribution in [0, 0.1) is 17.8 Å². The minimum absolute atomic E-state index is 0.0637. The molecule has 0 atom stereocenters. The monoisotopic (exact) mass is 437 g/mol. The zero-order valence-electron chi connectivity index (χ0n) is 17.4. The number of rotatable bonds is 7. The van der Waals surface area contributed by atoms with Crippen molar-refractivity contribution < 1.29 is 9.90 Å². The molecule has 5 rings (SSSR count). The number of aliphatic carboxylic acids is 1. The second kappa shape index (κ2) is 8.46. The summed E-state index contributed by atoms with van der Waals surface area (Å²) >= 11 is 1.62. The van der Waals surface area contributed by atoms with Crippen molar-refractivity contribution in [3.8, 4) is 11.1 Å². The van der Waals surface area contributed by atoms with E-state index in [0.29, 0.717) is 11.8 Å². The first-order valence-corrected chi connectivity index (χ1v) is 11.9. The van der Waals surface area contributed by atoms with Crippen LogP contribution in [0.2, 0.25) is 0 Å². The average molecular weight is 438 g/mol. The molecular formula is C24H27N3O3S. The Balaban J connectivity index is 1.25. The molecular weight excluding hydrogens is 410 g/mol. The Bertz CT molecular complexity index is 1160. The fourth-order valence-electron chi connectivity index (χ4n) is 4.44. The maximum Gasteiger partial charge on any atom is 0.306 e. The first-order chi connectivity index (χ1) is 15.0. The third-order valence-electron chi connectivity index (χ3n) is 6.61. The summed E-state index contributed by atoms with van der Waals surface area (Å²) < 4.78 is 2.91. The molecule has 0 radical (unpaired) electrons. The van der Waals surface area contributed by atoms with Gasteiger partial charge in [-0.25, -0.2) is 4.98 Å². The molecule has 162 valence electrons. The summed E-state index contributed by atoms with van der Waals surface area (Å²) in [6, 6.07) is 9.91. The van der Waals surface area contributed by atoms with E-state index in [0.717, 1.165) is 65.2 Å². The molecule has 0 amide bonds. The van der Waals surface area contributed by atoms with Crippen molar-refractivity contribution in [1.29, 1.82) is 0 Å². The van der Waals surface area contributed by atoms with Gasteiger partial charge in [0.05, 0.1) is 16.1 Å². The molecule has 2 N–H and O–H groups in total. The average Bonchev–Trinajstić information content (AvgIpc) is 3.49. The van der Waals surface area contributed by atoms with Crippen LogP contribution in [0.3, 0.4) is 0 Å². The molecule has 2 heterocycles. The minimum atomic E-state index is -0.659. The van der Waals surface area contributed by atoms with Crippen molar-refractivity contribution in [2.24, 2.45) is 17.8 Å². The van der Waals surface area contributed by atoms with Gasteiger partial charge in [0.15, 0.2) is 5.13 Å². The summed E-state index contributed by atoms with van der Waals surface area (Å²) in [7, 11) is 0. The van der Waals surface area contributed by atoms with Crippen LogP contribution in [0.15, 0.2) is 41.3 Å². The fourth-order valence-corrected chi connectivity index (χ4v) is 5.35. The largest absolute Gasteiger partial charge is 0.481 e. The molecule has 2 aliphatic rings. The highest BCUT2D eigenvalue weighted by molar-refractivity contribution is 7.22. The molecule has 6 nitrogen and oxygen atoms in total. The molecule has 0 unspecified atom stereocenters. The van der Waals surface area contributed by atoms with Gasteiger partial charge in [-0.05, 0) is 79.7 Å². The molecule has 2 saturated carbocycles. The van der Waals surface area contributed by atoms with Crippen LogP contribution in [0.5, 0.6) is 0 Å². The summed E-state index contributed by atoms with van der Waals surface area (Å²) in [5.41, 5.74) is 2.99. The number of carboxylic acid groups (broad SMARTS) is 1. The number of fused-ring (bicyclic) bond motifs is 1. The van der Waals surface area contributed by atoms with Gasteiger partial charge in [0.25, 0.3) is 5.56 Å². The van der Waals surface area contributed by atoms with E-state index >= 15 is 0 Å². The Morgan fingerprint density at radius 3 is 2.52 bits per heavy atom. The third-order valence-corrected chi connectivity index (χ3v) is 7.58. The zero-order valence-corrected chi connectivity index (χ0v) is 18.2. The Morgan fingerprint density at radius 1 is 1.06 bits per heavy atom. The van der Waals surface area contributed by atoms with Crippen LogP contribution in [0.1, 0.15) is 38.5 Å². The third kappa shape index (κ3) is 4.66. The van der Waals surface area contributed by atoms with Crippen LogP contribution in [-0.2, 0) is 11.3 Å². The summed E-state index contributed by atoms with van der Waals surface area (Å²) in [6.07, 6.45) is 7.82. The van der Waals surface area contributed by atoms with E-state index < -0.39 is 5.97 Å². The van der Waals surface area contributed by atoms with E-state index in [9.17, 15) is 9.59 Å². The van der Waals surface area contributed by atoms with Gasteiger partial charge in [-0.15, -0.1) is 0 Å². The summed E-state index contributed by atoms with van der Waals surface area (Å²) in [5, 5.41) is 13.5. The topological polar surface area (TPSA) is 84.2 Å². The summed E-state index contributed by atoms with van der Waals surface area (Å²) in [5.74, 6) is 0.345. The van der Waals surface area contributed by atoms with Gasteiger partial charge in [-0.3, -0.25) is 9.59 Å². The molecule has 31 heavy (non-hydrogen) atoms. The second-order valence-corrected chi connectivity index (χ2v) is 10.0. The number of aromatic nitrogens is 2. The number of carbonyl (C=O) groups is 1. The zero-order chi connectivity index (χ0) is 21.4. The number of anilines is 1. The molecule has 0 aliphatic heterocycles. The van der Waals surface area contributed by atoms with Crippen molar-refractivity contribution in [1.82, 2.24) is 9.55 Å². The molecule has 0 bridgehead atoms. The number of nitrogens with zero attached hydrogens (tertiary/aromatic N) is 2. The Kier molecular flexibility index (Phi) is 5.52.